The third kappa shape index (κ3) is 1.82. The average Bonchev–Trinajstić information content (AvgIpc) is 2.51. The van der Waals surface area contributed by atoms with Gasteiger partial charge in [-0.2, -0.15) is 0 Å². The van der Waals surface area contributed by atoms with Crippen molar-refractivity contribution in [1.82, 2.24) is 4.98 Å². The van der Waals surface area contributed by atoms with E-state index in [1.165, 1.54) is 5.57 Å². The second-order valence-electron chi connectivity index (χ2n) is 6.42. The SMILES string of the molecule is [C-]#[N+]C12C[C@@H](C)[C@@H](C)[C@H](Cc3nc(OC)ccc31)C2=CC. The molecule has 0 spiro atoms. The van der Waals surface area contributed by atoms with Crippen molar-refractivity contribution in [3.05, 3.63) is 46.5 Å². The number of aromatic nitrogens is 1. The zero-order chi connectivity index (χ0) is 15.2. The van der Waals surface area contributed by atoms with Gasteiger partial charge < -0.3 is 9.58 Å². The monoisotopic (exact) mass is 282 g/mol. The number of methoxy groups -OCH3 is 1. The molecule has 0 saturated heterocycles. The lowest BCUT2D eigenvalue weighted by atomic mass is 9.56. The first-order valence-corrected chi connectivity index (χ1v) is 7.67. The zero-order valence-corrected chi connectivity index (χ0v) is 13.2. The summed E-state index contributed by atoms with van der Waals surface area (Å²) in [4.78, 5) is 8.78. The predicted molar refractivity (Wildman–Crippen MR) is 83.0 cm³/mol. The standard InChI is InChI=1S/C18H22N2O/c1-6-14-13-9-16-15(7-8-17(20-16)21-5)18(14,19-4)10-11(2)12(13)3/h6-8,11-13H,9-10H2,1-3,5H3/t11-,12-,13+,18?/m1/s1. The Hall–Kier alpha value is -1.82. The topological polar surface area (TPSA) is 26.5 Å². The minimum absolute atomic E-state index is 0.431. The molecule has 4 atom stereocenters. The highest BCUT2D eigenvalue weighted by atomic mass is 16.5. The Morgan fingerprint density at radius 1 is 1.43 bits per heavy atom. The molecule has 1 heterocycles. The molecule has 21 heavy (non-hydrogen) atoms. The molecule has 3 nitrogen and oxygen atoms in total. The van der Waals surface area contributed by atoms with Crippen molar-refractivity contribution in [3.63, 3.8) is 0 Å². The van der Waals surface area contributed by atoms with Gasteiger partial charge in [-0.15, -0.1) is 0 Å². The maximum absolute atomic E-state index is 7.91. The molecule has 0 aromatic carbocycles. The summed E-state index contributed by atoms with van der Waals surface area (Å²) >= 11 is 0. The first-order valence-electron chi connectivity index (χ1n) is 7.67. The molecular formula is C18H22N2O. The lowest BCUT2D eigenvalue weighted by Crippen LogP contribution is -2.46. The first kappa shape index (κ1) is 14.1. The minimum Gasteiger partial charge on any atom is -0.481 e. The van der Waals surface area contributed by atoms with E-state index in [4.69, 9.17) is 11.3 Å². The van der Waals surface area contributed by atoms with Crippen LogP contribution in [0.25, 0.3) is 4.85 Å². The smallest absolute Gasteiger partial charge is 0.280 e. The van der Waals surface area contributed by atoms with Gasteiger partial charge in [-0.3, -0.25) is 0 Å². The summed E-state index contributed by atoms with van der Waals surface area (Å²) in [5.74, 6) is 2.23. The van der Waals surface area contributed by atoms with Gasteiger partial charge in [-0.25, -0.2) is 11.6 Å². The molecule has 3 rings (SSSR count). The second-order valence-corrected chi connectivity index (χ2v) is 6.42. The predicted octanol–water partition coefficient (Wildman–Crippen LogP) is 4.00. The molecule has 1 fully saturated rings. The van der Waals surface area contributed by atoms with Crippen molar-refractivity contribution in [2.75, 3.05) is 7.11 Å². The molecule has 1 unspecified atom stereocenters. The van der Waals surface area contributed by atoms with Gasteiger partial charge in [0, 0.05) is 18.1 Å². The molecule has 1 aromatic heterocycles. The molecule has 2 aliphatic carbocycles. The summed E-state index contributed by atoms with van der Waals surface area (Å²) in [6.45, 7) is 14.6. The molecule has 1 saturated carbocycles. The normalized spacial score (nSPS) is 36.0. The van der Waals surface area contributed by atoms with Gasteiger partial charge in [0.25, 0.3) is 5.54 Å². The van der Waals surface area contributed by atoms with Crippen molar-refractivity contribution in [2.24, 2.45) is 17.8 Å². The Balaban J connectivity index is 2.25. The number of pyridine rings is 1. The van der Waals surface area contributed by atoms with E-state index in [0.29, 0.717) is 23.6 Å². The second kappa shape index (κ2) is 4.87. The van der Waals surface area contributed by atoms with Gasteiger partial charge in [-0.1, -0.05) is 19.9 Å². The molecule has 2 bridgehead atoms. The van der Waals surface area contributed by atoms with Gasteiger partial charge in [0.05, 0.1) is 18.4 Å². The van der Waals surface area contributed by atoms with Crippen LogP contribution in [0.3, 0.4) is 0 Å². The summed E-state index contributed by atoms with van der Waals surface area (Å²) in [6.07, 6.45) is 4.00. The van der Waals surface area contributed by atoms with E-state index in [9.17, 15) is 0 Å². The molecule has 0 amide bonds. The van der Waals surface area contributed by atoms with Crippen molar-refractivity contribution >= 4 is 0 Å². The molecular weight excluding hydrogens is 260 g/mol. The Morgan fingerprint density at radius 2 is 2.19 bits per heavy atom. The van der Waals surface area contributed by atoms with Crippen LogP contribution >= 0.6 is 0 Å². The first-order chi connectivity index (χ1) is 10.1. The maximum Gasteiger partial charge on any atom is 0.280 e. The van der Waals surface area contributed by atoms with Crippen molar-refractivity contribution in [1.29, 1.82) is 0 Å². The van der Waals surface area contributed by atoms with Gasteiger partial charge in [0.2, 0.25) is 5.88 Å². The fraction of sp³-hybridized carbons (Fsp3) is 0.556. The number of hydrogen-bond donors (Lipinski definition) is 0. The fourth-order valence-corrected chi connectivity index (χ4v) is 4.28. The fourth-order valence-electron chi connectivity index (χ4n) is 4.28. The van der Waals surface area contributed by atoms with Crippen LogP contribution in [0.2, 0.25) is 0 Å². The quantitative estimate of drug-likeness (QED) is 0.575. The lowest BCUT2D eigenvalue weighted by molar-refractivity contribution is 0.174. The Morgan fingerprint density at radius 3 is 2.81 bits per heavy atom. The number of hydrogen-bond acceptors (Lipinski definition) is 2. The highest BCUT2D eigenvalue weighted by molar-refractivity contribution is 5.49. The van der Waals surface area contributed by atoms with E-state index in [0.717, 1.165) is 24.1 Å². The van der Waals surface area contributed by atoms with Crippen LogP contribution < -0.4 is 4.74 Å². The van der Waals surface area contributed by atoms with E-state index in [2.05, 4.69) is 42.7 Å². The number of fused-ring (bicyclic) bond motifs is 4. The van der Waals surface area contributed by atoms with Crippen LogP contribution in [0.4, 0.5) is 0 Å². The molecule has 0 aliphatic heterocycles. The van der Waals surface area contributed by atoms with Gasteiger partial charge >= 0.3 is 0 Å². The van der Waals surface area contributed by atoms with Crippen LogP contribution in [0.15, 0.2) is 23.8 Å². The Kier molecular flexibility index (Phi) is 3.28. The summed E-state index contributed by atoms with van der Waals surface area (Å²) in [5, 5.41) is 0. The van der Waals surface area contributed by atoms with Crippen molar-refractivity contribution < 1.29 is 4.74 Å². The Bertz CT molecular complexity index is 643. The van der Waals surface area contributed by atoms with E-state index in [-0.39, 0.29) is 0 Å². The van der Waals surface area contributed by atoms with Crippen LogP contribution in [0.5, 0.6) is 5.88 Å². The van der Waals surface area contributed by atoms with Crippen LogP contribution in [-0.2, 0) is 12.0 Å². The molecule has 0 N–H and O–H groups in total. The number of rotatable bonds is 1. The average molecular weight is 282 g/mol. The third-order valence-corrected chi connectivity index (χ3v) is 5.55. The molecule has 0 radical (unpaired) electrons. The van der Waals surface area contributed by atoms with Gasteiger partial charge in [0.1, 0.15) is 0 Å². The highest BCUT2D eigenvalue weighted by Gasteiger charge is 2.57. The molecule has 3 heteroatoms. The Labute approximate surface area is 126 Å². The number of nitrogens with zero attached hydrogens (tertiary/aromatic N) is 2. The highest BCUT2D eigenvalue weighted by Crippen LogP contribution is 2.56. The van der Waals surface area contributed by atoms with Gasteiger partial charge in [0.15, 0.2) is 0 Å². The minimum atomic E-state index is -0.502. The zero-order valence-electron chi connectivity index (χ0n) is 13.2. The van der Waals surface area contributed by atoms with Crippen LogP contribution in [0.1, 0.15) is 38.4 Å². The number of allylic oxidation sites excluding steroid dienone is 1. The van der Waals surface area contributed by atoms with Crippen LogP contribution in [-0.4, -0.2) is 12.1 Å². The van der Waals surface area contributed by atoms with Crippen molar-refractivity contribution in [3.8, 4) is 5.88 Å². The molecule has 110 valence electrons. The summed E-state index contributed by atoms with van der Waals surface area (Å²) in [5.41, 5.74) is 2.96. The van der Waals surface area contributed by atoms with Crippen LogP contribution in [0, 0.1) is 24.3 Å². The van der Waals surface area contributed by atoms with Crippen molar-refractivity contribution in [2.45, 2.75) is 39.2 Å². The summed E-state index contributed by atoms with van der Waals surface area (Å²) < 4.78 is 5.27. The number of ether oxygens (including phenoxy) is 1. The largest absolute Gasteiger partial charge is 0.481 e. The van der Waals surface area contributed by atoms with Gasteiger partial charge in [-0.05, 0) is 37.2 Å². The summed E-state index contributed by atoms with van der Waals surface area (Å²) in [7, 11) is 1.64. The maximum atomic E-state index is 7.91. The van der Waals surface area contributed by atoms with E-state index < -0.39 is 5.54 Å². The molecule has 2 aliphatic rings. The molecule has 1 aromatic rings. The van der Waals surface area contributed by atoms with E-state index in [1.54, 1.807) is 7.11 Å². The summed E-state index contributed by atoms with van der Waals surface area (Å²) in [6, 6.07) is 3.95. The third-order valence-electron chi connectivity index (χ3n) is 5.55. The lowest BCUT2D eigenvalue weighted by Gasteiger charge is -2.46. The van der Waals surface area contributed by atoms with E-state index in [1.807, 2.05) is 6.07 Å². The van der Waals surface area contributed by atoms with E-state index >= 15 is 0 Å².